The Morgan fingerprint density at radius 3 is 2.28 bits per heavy atom. The molecule has 0 aliphatic carbocycles. The molecule has 1 aliphatic rings. The lowest BCUT2D eigenvalue weighted by molar-refractivity contribution is -0.122. The number of imide groups is 2. The van der Waals surface area contributed by atoms with Crippen LogP contribution in [0.3, 0.4) is 0 Å². The van der Waals surface area contributed by atoms with Gasteiger partial charge < -0.3 is 4.57 Å². The van der Waals surface area contributed by atoms with E-state index in [9.17, 15) is 14.4 Å². The molecule has 162 valence electrons. The molecule has 1 aliphatic heterocycles. The predicted molar refractivity (Wildman–Crippen MR) is 123 cm³/mol. The van der Waals surface area contributed by atoms with Crippen LogP contribution < -0.4 is 10.2 Å². The Bertz CT molecular complexity index is 1280. The van der Waals surface area contributed by atoms with Crippen LogP contribution in [0.15, 0.2) is 48.3 Å². The number of carbonyl (C=O) groups excluding carboxylic acids is 3. The van der Waals surface area contributed by atoms with Crippen LogP contribution in [0.4, 0.5) is 10.5 Å². The SMILES string of the molecule is Cc1cc(C)c(-n2c(C)cc(/C=C3\C(=O)NC(=O)N(c4cccnc4)C3=O)c2C)c(C)c1. The van der Waals surface area contributed by atoms with Gasteiger partial charge in [0.25, 0.3) is 11.8 Å². The number of carbonyl (C=O) groups is 3. The molecular weight excluding hydrogens is 404 g/mol. The van der Waals surface area contributed by atoms with Crippen LogP contribution in [0.25, 0.3) is 11.8 Å². The molecule has 3 aromatic rings. The molecule has 1 saturated heterocycles. The van der Waals surface area contributed by atoms with Gasteiger partial charge in [-0.2, -0.15) is 0 Å². The molecule has 1 fully saturated rings. The molecule has 7 heteroatoms. The number of barbiturate groups is 1. The maximum absolute atomic E-state index is 13.1. The smallest absolute Gasteiger partial charge is 0.317 e. The Hall–Kier alpha value is -4.00. The molecule has 7 nitrogen and oxygen atoms in total. The molecule has 1 N–H and O–H groups in total. The first-order valence-electron chi connectivity index (χ1n) is 10.3. The molecule has 0 unspecified atom stereocenters. The highest BCUT2D eigenvalue weighted by molar-refractivity contribution is 6.39. The Kier molecular flexibility index (Phi) is 5.26. The minimum Gasteiger partial charge on any atom is -0.317 e. The van der Waals surface area contributed by atoms with Gasteiger partial charge in [-0.05, 0) is 75.6 Å². The van der Waals surface area contributed by atoms with Crippen LogP contribution >= 0.6 is 0 Å². The van der Waals surface area contributed by atoms with E-state index in [0.717, 1.165) is 38.7 Å². The van der Waals surface area contributed by atoms with Gasteiger partial charge >= 0.3 is 6.03 Å². The molecule has 4 amide bonds. The molecule has 0 radical (unpaired) electrons. The molecule has 0 spiro atoms. The van der Waals surface area contributed by atoms with Crippen molar-refractivity contribution in [2.75, 3.05) is 4.90 Å². The van der Waals surface area contributed by atoms with E-state index in [1.54, 1.807) is 24.4 Å². The fourth-order valence-corrected chi connectivity index (χ4v) is 4.34. The van der Waals surface area contributed by atoms with E-state index in [-0.39, 0.29) is 5.57 Å². The Morgan fingerprint density at radius 2 is 1.66 bits per heavy atom. The van der Waals surface area contributed by atoms with Crippen LogP contribution in [0.1, 0.15) is 33.6 Å². The zero-order valence-electron chi connectivity index (χ0n) is 18.7. The van der Waals surface area contributed by atoms with Crippen molar-refractivity contribution >= 4 is 29.6 Å². The van der Waals surface area contributed by atoms with Crippen molar-refractivity contribution in [3.8, 4) is 5.69 Å². The van der Waals surface area contributed by atoms with Crippen molar-refractivity contribution in [2.24, 2.45) is 0 Å². The van der Waals surface area contributed by atoms with Gasteiger partial charge in [-0.3, -0.25) is 19.9 Å². The summed E-state index contributed by atoms with van der Waals surface area (Å²) in [6.07, 6.45) is 4.49. The van der Waals surface area contributed by atoms with Crippen LogP contribution in [0, 0.1) is 34.6 Å². The molecule has 0 bridgehead atoms. The van der Waals surface area contributed by atoms with E-state index in [1.807, 2.05) is 19.9 Å². The summed E-state index contributed by atoms with van der Waals surface area (Å²) in [6, 6.07) is 8.62. The number of benzene rings is 1. The third-order valence-electron chi connectivity index (χ3n) is 5.63. The van der Waals surface area contributed by atoms with E-state index in [0.29, 0.717) is 5.69 Å². The summed E-state index contributed by atoms with van der Waals surface area (Å²) in [6.45, 7) is 10.1. The van der Waals surface area contributed by atoms with Crippen LogP contribution in [-0.2, 0) is 9.59 Å². The maximum Gasteiger partial charge on any atom is 0.336 e. The zero-order valence-corrected chi connectivity index (χ0v) is 18.7. The molecule has 4 rings (SSSR count). The Labute approximate surface area is 186 Å². The van der Waals surface area contributed by atoms with E-state index in [2.05, 4.69) is 47.8 Å². The number of rotatable bonds is 3. The third kappa shape index (κ3) is 3.51. The number of pyridine rings is 1. The van der Waals surface area contributed by atoms with Crippen molar-refractivity contribution in [2.45, 2.75) is 34.6 Å². The Morgan fingerprint density at radius 1 is 0.969 bits per heavy atom. The summed E-state index contributed by atoms with van der Waals surface area (Å²) in [5, 5.41) is 2.25. The topological polar surface area (TPSA) is 84.3 Å². The van der Waals surface area contributed by atoms with E-state index >= 15 is 0 Å². The summed E-state index contributed by atoms with van der Waals surface area (Å²) in [4.78, 5) is 42.9. The second-order valence-electron chi connectivity index (χ2n) is 8.08. The number of aryl methyl sites for hydroxylation is 4. The number of nitrogens with zero attached hydrogens (tertiary/aromatic N) is 3. The largest absolute Gasteiger partial charge is 0.336 e. The molecular formula is C25H24N4O3. The van der Waals surface area contributed by atoms with Gasteiger partial charge in [-0.15, -0.1) is 0 Å². The van der Waals surface area contributed by atoms with Gasteiger partial charge in [-0.1, -0.05) is 17.7 Å². The minimum absolute atomic E-state index is 0.106. The van der Waals surface area contributed by atoms with Crippen molar-refractivity contribution in [3.63, 3.8) is 0 Å². The van der Waals surface area contributed by atoms with Crippen molar-refractivity contribution in [3.05, 3.63) is 81.9 Å². The number of hydrogen-bond donors (Lipinski definition) is 1. The highest BCUT2D eigenvalue weighted by atomic mass is 16.2. The summed E-state index contributed by atoms with van der Waals surface area (Å²) >= 11 is 0. The summed E-state index contributed by atoms with van der Waals surface area (Å²) in [7, 11) is 0. The number of nitrogens with one attached hydrogen (secondary N) is 1. The average molecular weight is 428 g/mol. The van der Waals surface area contributed by atoms with Crippen molar-refractivity contribution in [1.82, 2.24) is 14.9 Å². The number of aromatic nitrogens is 2. The molecule has 32 heavy (non-hydrogen) atoms. The number of hydrogen-bond acceptors (Lipinski definition) is 4. The first-order valence-corrected chi connectivity index (χ1v) is 10.3. The average Bonchev–Trinajstić information content (AvgIpc) is 2.99. The van der Waals surface area contributed by atoms with Crippen molar-refractivity contribution in [1.29, 1.82) is 0 Å². The number of anilines is 1. The standard InChI is InChI=1S/C25H24N4O3/c1-14-9-15(2)22(16(3)10-14)28-17(4)11-19(18(28)5)12-21-23(30)27-25(32)29(24(21)31)20-7-6-8-26-13-20/h6-13H,1-5H3,(H,27,30,32)/b21-12+. The van der Waals surface area contributed by atoms with Crippen LogP contribution in [-0.4, -0.2) is 27.4 Å². The molecule has 3 heterocycles. The molecule has 1 aromatic carbocycles. The van der Waals surface area contributed by atoms with Gasteiger partial charge in [0, 0.05) is 17.6 Å². The summed E-state index contributed by atoms with van der Waals surface area (Å²) in [5.41, 5.74) is 7.37. The normalized spacial score (nSPS) is 15.5. The minimum atomic E-state index is -0.790. The fourth-order valence-electron chi connectivity index (χ4n) is 4.34. The number of urea groups is 1. The van der Waals surface area contributed by atoms with Gasteiger partial charge in [0.2, 0.25) is 0 Å². The van der Waals surface area contributed by atoms with E-state index in [4.69, 9.17) is 0 Å². The Balaban J connectivity index is 1.81. The second kappa shape index (κ2) is 7.92. The van der Waals surface area contributed by atoms with Crippen LogP contribution in [0.2, 0.25) is 0 Å². The van der Waals surface area contributed by atoms with Gasteiger partial charge in [0.05, 0.1) is 17.6 Å². The maximum atomic E-state index is 13.1. The van der Waals surface area contributed by atoms with Gasteiger partial charge in [0.15, 0.2) is 0 Å². The van der Waals surface area contributed by atoms with Crippen LogP contribution in [0.5, 0.6) is 0 Å². The van der Waals surface area contributed by atoms with Crippen molar-refractivity contribution < 1.29 is 14.4 Å². The number of amides is 4. The van der Waals surface area contributed by atoms with E-state index < -0.39 is 17.8 Å². The first kappa shape index (κ1) is 21.2. The lowest BCUT2D eigenvalue weighted by Gasteiger charge is -2.26. The lowest BCUT2D eigenvalue weighted by Crippen LogP contribution is -2.54. The summed E-state index contributed by atoms with van der Waals surface area (Å²) in [5.74, 6) is -1.40. The zero-order chi connectivity index (χ0) is 23.2. The second-order valence-corrected chi connectivity index (χ2v) is 8.08. The monoisotopic (exact) mass is 428 g/mol. The first-order chi connectivity index (χ1) is 15.2. The van der Waals surface area contributed by atoms with Gasteiger partial charge in [-0.25, -0.2) is 9.69 Å². The summed E-state index contributed by atoms with van der Waals surface area (Å²) < 4.78 is 2.13. The fraction of sp³-hybridized carbons (Fsp3) is 0.200. The molecule has 2 aromatic heterocycles. The molecule has 0 atom stereocenters. The molecule has 0 saturated carbocycles. The lowest BCUT2D eigenvalue weighted by atomic mass is 10.0. The van der Waals surface area contributed by atoms with E-state index in [1.165, 1.54) is 11.8 Å². The highest BCUT2D eigenvalue weighted by Crippen LogP contribution is 2.29. The quantitative estimate of drug-likeness (QED) is 0.503. The highest BCUT2D eigenvalue weighted by Gasteiger charge is 2.37. The van der Waals surface area contributed by atoms with Gasteiger partial charge in [0.1, 0.15) is 5.57 Å². The predicted octanol–water partition coefficient (Wildman–Crippen LogP) is 4.08. The third-order valence-corrected chi connectivity index (χ3v) is 5.63.